The van der Waals surface area contributed by atoms with Gasteiger partial charge in [0.1, 0.15) is 5.82 Å². The van der Waals surface area contributed by atoms with Gasteiger partial charge in [-0.3, -0.25) is 0 Å². The van der Waals surface area contributed by atoms with Gasteiger partial charge in [-0.15, -0.1) is 0 Å². The van der Waals surface area contributed by atoms with E-state index in [1.165, 1.54) is 14.3 Å². The zero-order valence-corrected chi connectivity index (χ0v) is 10.6. The van der Waals surface area contributed by atoms with E-state index in [0.29, 0.717) is 0 Å². The van der Waals surface area contributed by atoms with Crippen LogP contribution in [0.5, 0.6) is 0 Å². The highest BCUT2D eigenvalue weighted by molar-refractivity contribution is 14.1. The topological polar surface area (TPSA) is 28.7 Å². The Kier molecular flexibility index (Phi) is 2.40. The van der Waals surface area contributed by atoms with Crippen LogP contribution in [0.1, 0.15) is 0 Å². The number of aromatic nitrogens is 2. The Balaban J connectivity index is 2.38. The van der Waals surface area contributed by atoms with E-state index in [1.807, 2.05) is 6.20 Å². The molecule has 0 saturated carbocycles. The number of hydrogen-bond donors (Lipinski definition) is 1. The van der Waals surface area contributed by atoms with Crippen LogP contribution in [-0.4, -0.2) is 9.97 Å². The lowest BCUT2D eigenvalue weighted by atomic mass is 10.0. The van der Waals surface area contributed by atoms with Gasteiger partial charge in [0.15, 0.2) is 0 Å². The molecule has 0 spiro atoms. The number of aromatic amines is 1. The summed E-state index contributed by atoms with van der Waals surface area (Å²) in [6.45, 7) is 0. The lowest BCUT2D eigenvalue weighted by molar-refractivity contribution is 1.32. The SMILES string of the molecule is Ic1cccc2c(-c3ncc[nH]3)cccc12. The van der Waals surface area contributed by atoms with Gasteiger partial charge >= 0.3 is 0 Å². The summed E-state index contributed by atoms with van der Waals surface area (Å²) in [5.41, 5.74) is 1.15. The molecule has 78 valence electrons. The summed E-state index contributed by atoms with van der Waals surface area (Å²) in [5, 5.41) is 2.52. The van der Waals surface area contributed by atoms with Crippen LogP contribution in [-0.2, 0) is 0 Å². The van der Waals surface area contributed by atoms with Crippen molar-refractivity contribution in [2.45, 2.75) is 0 Å². The summed E-state index contributed by atoms with van der Waals surface area (Å²) in [4.78, 5) is 7.46. The summed E-state index contributed by atoms with van der Waals surface area (Å²) in [6.07, 6.45) is 3.63. The van der Waals surface area contributed by atoms with E-state index in [9.17, 15) is 0 Å². The second-order valence-electron chi connectivity index (χ2n) is 3.58. The number of H-pyrrole nitrogens is 1. The first kappa shape index (κ1) is 9.84. The van der Waals surface area contributed by atoms with Crippen LogP contribution in [0.25, 0.3) is 22.2 Å². The summed E-state index contributed by atoms with van der Waals surface area (Å²) in [5.74, 6) is 0.924. The minimum atomic E-state index is 0.924. The van der Waals surface area contributed by atoms with Crippen molar-refractivity contribution in [3.63, 3.8) is 0 Å². The van der Waals surface area contributed by atoms with E-state index in [-0.39, 0.29) is 0 Å². The quantitative estimate of drug-likeness (QED) is 0.678. The van der Waals surface area contributed by atoms with E-state index < -0.39 is 0 Å². The molecule has 0 amide bonds. The summed E-state index contributed by atoms with van der Waals surface area (Å²) in [6, 6.07) is 12.6. The molecule has 0 bridgehead atoms. The zero-order chi connectivity index (χ0) is 11.0. The van der Waals surface area contributed by atoms with Gasteiger partial charge in [0.05, 0.1) is 0 Å². The third-order valence-electron chi connectivity index (χ3n) is 2.62. The normalized spacial score (nSPS) is 10.8. The average molecular weight is 320 g/mol. The Bertz CT molecular complexity index is 629. The maximum absolute atomic E-state index is 4.31. The average Bonchev–Trinajstić information content (AvgIpc) is 2.82. The molecule has 0 unspecified atom stereocenters. The molecule has 0 aliphatic heterocycles. The van der Waals surface area contributed by atoms with Crippen LogP contribution in [0.2, 0.25) is 0 Å². The van der Waals surface area contributed by atoms with Crippen molar-refractivity contribution < 1.29 is 0 Å². The highest BCUT2D eigenvalue weighted by atomic mass is 127. The maximum atomic E-state index is 4.31. The molecular weight excluding hydrogens is 311 g/mol. The van der Waals surface area contributed by atoms with Crippen molar-refractivity contribution in [2.75, 3.05) is 0 Å². The molecule has 0 atom stereocenters. The van der Waals surface area contributed by atoms with E-state index in [0.717, 1.165) is 11.4 Å². The van der Waals surface area contributed by atoms with Crippen LogP contribution < -0.4 is 0 Å². The molecule has 0 aliphatic rings. The van der Waals surface area contributed by atoms with Crippen LogP contribution >= 0.6 is 22.6 Å². The van der Waals surface area contributed by atoms with Crippen LogP contribution in [0, 0.1) is 3.57 Å². The van der Waals surface area contributed by atoms with Crippen molar-refractivity contribution in [3.8, 4) is 11.4 Å². The third-order valence-corrected chi connectivity index (χ3v) is 3.56. The minimum absolute atomic E-state index is 0.924. The fourth-order valence-electron chi connectivity index (χ4n) is 1.89. The monoisotopic (exact) mass is 320 g/mol. The van der Waals surface area contributed by atoms with E-state index in [4.69, 9.17) is 0 Å². The molecule has 0 saturated heterocycles. The number of fused-ring (bicyclic) bond motifs is 1. The second-order valence-corrected chi connectivity index (χ2v) is 4.74. The van der Waals surface area contributed by atoms with Crippen molar-refractivity contribution in [1.82, 2.24) is 9.97 Å². The molecule has 3 rings (SSSR count). The van der Waals surface area contributed by atoms with Gasteiger partial charge in [-0.2, -0.15) is 0 Å². The molecule has 3 heteroatoms. The molecular formula is C13H9IN2. The number of hydrogen-bond acceptors (Lipinski definition) is 1. The van der Waals surface area contributed by atoms with Gasteiger partial charge in [-0.1, -0.05) is 30.3 Å². The molecule has 0 fully saturated rings. The highest BCUT2D eigenvalue weighted by Gasteiger charge is 2.06. The fourth-order valence-corrected chi connectivity index (χ4v) is 2.57. The van der Waals surface area contributed by atoms with Gasteiger partial charge in [-0.25, -0.2) is 4.98 Å². The Labute approximate surface area is 107 Å². The molecule has 0 aliphatic carbocycles. The highest BCUT2D eigenvalue weighted by Crippen LogP contribution is 2.28. The van der Waals surface area contributed by atoms with E-state index in [2.05, 4.69) is 69.0 Å². The lowest BCUT2D eigenvalue weighted by Crippen LogP contribution is -1.84. The fraction of sp³-hybridized carbons (Fsp3) is 0. The molecule has 2 aromatic carbocycles. The first-order valence-electron chi connectivity index (χ1n) is 5.03. The van der Waals surface area contributed by atoms with Gasteiger partial charge in [-0.05, 0) is 39.4 Å². The number of halogens is 1. The van der Waals surface area contributed by atoms with Crippen molar-refractivity contribution in [2.24, 2.45) is 0 Å². The maximum Gasteiger partial charge on any atom is 0.137 e. The Morgan fingerprint density at radius 1 is 1.00 bits per heavy atom. The standard InChI is InChI=1S/C13H9IN2/c14-12-6-2-3-9-10(12)4-1-5-11(9)13-15-7-8-16-13/h1-8H,(H,15,16). The van der Waals surface area contributed by atoms with Crippen molar-refractivity contribution in [3.05, 3.63) is 52.4 Å². The molecule has 1 heterocycles. The molecule has 1 N–H and O–H groups in total. The predicted octanol–water partition coefficient (Wildman–Crippen LogP) is 3.83. The molecule has 0 radical (unpaired) electrons. The number of benzene rings is 2. The smallest absolute Gasteiger partial charge is 0.137 e. The number of imidazole rings is 1. The zero-order valence-electron chi connectivity index (χ0n) is 8.44. The summed E-state index contributed by atoms with van der Waals surface area (Å²) in [7, 11) is 0. The molecule has 16 heavy (non-hydrogen) atoms. The predicted molar refractivity (Wildman–Crippen MR) is 74.2 cm³/mol. The summed E-state index contributed by atoms with van der Waals surface area (Å²) >= 11 is 2.36. The Morgan fingerprint density at radius 2 is 1.81 bits per heavy atom. The molecule has 2 nitrogen and oxygen atoms in total. The lowest BCUT2D eigenvalue weighted by Gasteiger charge is -2.05. The Hall–Kier alpha value is -1.36. The van der Waals surface area contributed by atoms with Gasteiger partial charge in [0.2, 0.25) is 0 Å². The van der Waals surface area contributed by atoms with E-state index >= 15 is 0 Å². The van der Waals surface area contributed by atoms with Crippen molar-refractivity contribution >= 4 is 33.4 Å². The largest absolute Gasteiger partial charge is 0.345 e. The van der Waals surface area contributed by atoms with Crippen molar-refractivity contribution in [1.29, 1.82) is 0 Å². The van der Waals surface area contributed by atoms with Gasteiger partial charge in [0, 0.05) is 21.5 Å². The molecule has 3 aromatic rings. The second kappa shape index (κ2) is 3.90. The number of nitrogens with zero attached hydrogens (tertiary/aromatic N) is 1. The van der Waals surface area contributed by atoms with Crippen LogP contribution in [0.15, 0.2) is 48.8 Å². The van der Waals surface area contributed by atoms with E-state index in [1.54, 1.807) is 6.20 Å². The first-order valence-corrected chi connectivity index (χ1v) is 6.11. The Morgan fingerprint density at radius 3 is 2.62 bits per heavy atom. The third kappa shape index (κ3) is 1.51. The first-order chi connectivity index (χ1) is 7.86. The summed E-state index contributed by atoms with van der Waals surface area (Å²) < 4.78 is 1.27. The van der Waals surface area contributed by atoms with Crippen LogP contribution in [0.3, 0.4) is 0 Å². The molecule has 1 aromatic heterocycles. The number of nitrogens with one attached hydrogen (secondary N) is 1. The van der Waals surface area contributed by atoms with Crippen LogP contribution in [0.4, 0.5) is 0 Å². The van der Waals surface area contributed by atoms with Gasteiger partial charge < -0.3 is 4.98 Å². The van der Waals surface area contributed by atoms with Gasteiger partial charge in [0.25, 0.3) is 0 Å². The minimum Gasteiger partial charge on any atom is -0.345 e. The number of rotatable bonds is 1.